The lowest BCUT2D eigenvalue weighted by Crippen LogP contribution is -2.20. The van der Waals surface area contributed by atoms with E-state index < -0.39 is 0 Å². The van der Waals surface area contributed by atoms with Gasteiger partial charge in [-0.25, -0.2) is 0 Å². The number of fused-ring (bicyclic) bond motifs is 2. The Morgan fingerprint density at radius 3 is 2.95 bits per heavy atom. The van der Waals surface area contributed by atoms with Gasteiger partial charge >= 0.3 is 0 Å². The van der Waals surface area contributed by atoms with Crippen molar-refractivity contribution in [3.8, 4) is 11.4 Å². The van der Waals surface area contributed by atoms with Gasteiger partial charge in [0, 0.05) is 6.42 Å². The molecule has 5 heteroatoms. The Bertz CT molecular complexity index is 972. The second-order valence-corrected chi connectivity index (χ2v) is 5.39. The SMILES string of the molecule is O=c1c2ccccc2[nH]c(=S)n1-c1ccc2c(c1)CCO2. The van der Waals surface area contributed by atoms with Gasteiger partial charge in [-0.3, -0.25) is 9.36 Å². The second kappa shape index (κ2) is 4.56. The van der Waals surface area contributed by atoms with Crippen molar-refractivity contribution in [2.24, 2.45) is 0 Å². The summed E-state index contributed by atoms with van der Waals surface area (Å²) in [4.78, 5) is 15.8. The Labute approximate surface area is 125 Å². The van der Waals surface area contributed by atoms with Crippen molar-refractivity contribution in [3.63, 3.8) is 0 Å². The van der Waals surface area contributed by atoms with Crippen molar-refractivity contribution < 1.29 is 4.74 Å². The number of ether oxygens (including phenoxy) is 1. The molecule has 0 spiro atoms. The molecule has 1 N–H and O–H groups in total. The first-order valence-corrected chi connectivity index (χ1v) is 7.15. The summed E-state index contributed by atoms with van der Waals surface area (Å²) in [6.45, 7) is 0.693. The van der Waals surface area contributed by atoms with Gasteiger partial charge in [-0.05, 0) is 48.1 Å². The fourth-order valence-electron chi connectivity index (χ4n) is 2.71. The van der Waals surface area contributed by atoms with E-state index in [-0.39, 0.29) is 5.56 Å². The number of rotatable bonds is 1. The minimum atomic E-state index is -0.104. The molecule has 2 aromatic carbocycles. The molecule has 21 heavy (non-hydrogen) atoms. The molecule has 4 rings (SSSR count). The predicted octanol–water partition coefficient (Wildman–Crippen LogP) is 2.98. The van der Waals surface area contributed by atoms with Crippen LogP contribution in [0, 0.1) is 4.77 Å². The highest BCUT2D eigenvalue weighted by molar-refractivity contribution is 7.71. The largest absolute Gasteiger partial charge is 0.493 e. The van der Waals surface area contributed by atoms with Gasteiger partial charge in [-0.2, -0.15) is 0 Å². The Kier molecular flexibility index (Phi) is 2.68. The zero-order valence-corrected chi connectivity index (χ0v) is 11.9. The molecule has 0 atom stereocenters. The van der Waals surface area contributed by atoms with E-state index in [9.17, 15) is 4.79 Å². The topological polar surface area (TPSA) is 47.0 Å². The van der Waals surface area contributed by atoms with Crippen LogP contribution < -0.4 is 10.3 Å². The van der Waals surface area contributed by atoms with Gasteiger partial charge in [0.1, 0.15) is 5.75 Å². The Hall–Kier alpha value is -2.40. The Morgan fingerprint density at radius 1 is 1.19 bits per heavy atom. The number of nitrogens with zero attached hydrogens (tertiary/aromatic N) is 1. The predicted molar refractivity (Wildman–Crippen MR) is 83.9 cm³/mol. The number of hydrogen-bond donors (Lipinski definition) is 1. The maximum absolute atomic E-state index is 12.7. The molecule has 0 amide bonds. The molecule has 4 nitrogen and oxygen atoms in total. The van der Waals surface area contributed by atoms with Crippen LogP contribution in [0.1, 0.15) is 5.56 Å². The molecular formula is C16H12N2O2S. The van der Waals surface area contributed by atoms with Gasteiger partial charge in [-0.15, -0.1) is 0 Å². The van der Waals surface area contributed by atoms with Gasteiger partial charge in [-0.1, -0.05) is 12.1 Å². The summed E-state index contributed by atoms with van der Waals surface area (Å²) < 4.78 is 7.44. The smallest absolute Gasteiger partial charge is 0.266 e. The molecule has 1 aliphatic rings. The molecule has 0 saturated carbocycles. The number of para-hydroxylation sites is 1. The van der Waals surface area contributed by atoms with Crippen molar-refractivity contribution >= 4 is 23.1 Å². The summed E-state index contributed by atoms with van der Waals surface area (Å²) in [7, 11) is 0. The molecule has 0 fully saturated rings. The first kappa shape index (κ1) is 12.3. The lowest BCUT2D eigenvalue weighted by molar-refractivity contribution is 0.357. The van der Waals surface area contributed by atoms with E-state index in [1.807, 2.05) is 36.4 Å². The lowest BCUT2D eigenvalue weighted by Gasteiger charge is -2.09. The summed E-state index contributed by atoms with van der Waals surface area (Å²) in [6.07, 6.45) is 0.863. The highest BCUT2D eigenvalue weighted by Gasteiger charge is 2.14. The molecule has 1 aromatic heterocycles. The third-order valence-electron chi connectivity index (χ3n) is 3.74. The zero-order valence-electron chi connectivity index (χ0n) is 11.1. The summed E-state index contributed by atoms with van der Waals surface area (Å²) in [5, 5.41) is 0.628. The van der Waals surface area contributed by atoms with Crippen LogP contribution >= 0.6 is 12.2 Å². The van der Waals surface area contributed by atoms with Gasteiger partial charge in [0.15, 0.2) is 4.77 Å². The maximum Gasteiger partial charge on any atom is 0.266 e. The van der Waals surface area contributed by atoms with E-state index in [1.54, 1.807) is 6.07 Å². The normalized spacial score (nSPS) is 13.1. The van der Waals surface area contributed by atoms with E-state index >= 15 is 0 Å². The summed E-state index contributed by atoms with van der Waals surface area (Å²) >= 11 is 5.35. The number of hydrogen-bond acceptors (Lipinski definition) is 3. The summed E-state index contributed by atoms with van der Waals surface area (Å²) in [6, 6.07) is 13.1. The average Bonchev–Trinajstić information content (AvgIpc) is 2.95. The molecule has 2 heterocycles. The van der Waals surface area contributed by atoms with Crippen LogP contribution in [-0.4, -0.2) is 16.2 Å². The third kappa shape index (κ3) is 1.89. The quantitative estimate of drug-likeness (QED) is 0.702. The van der Waals surface area contributed by atoms with Crippen molar-refractivity contribution in [1.82, 2.24) is 9.55 Å². The van der Waals surface area contributed by atoms with Gasteiger partial charge in [0.2, 0.25) is 0 Å². The van der Waals surface area contributed by atoms with Gasteiger partial charge in [0.05, 0.1) is 23.2 Å². The van der Waals surface area contributed by atoms with E-state index in [2.05, 4.69) is 4.98 Å². The molecule has 3 aromatic rings. The van der Waals surface area contributed by atoms with Crippen molar-refractivity contribution in [2.75, 3.05) is 6.61 Å². The highest BCUT2D eigenvalue weighted by atomic mass is 32.1. The first-order valence-electron chi connectivity index (χ1n) is 6.74. The number of H-pyrrole nitrogens is 1. The van der Waals surface area contributed by atoms with E-state index in [0.29, 0.717) is 16.8 Å². The van der Waals surface area contributed by atoms with E-state index in [4.69, 9.17) is 17.0 Å². The maximum atomic E-state index is 12.7. The molecule has 1 aliphatic heterocycles. The Balaban J connectivity index is 2.03. The number of aromatic amines is 1. The lowest BCUT2D eigenvalue weighted by atomic mass is 10.1. The Morgan fingerprint density at radius 2 is 2.05 bits per heavy atom. The molecule has 104 valence electrons. The fraction of sp³-hybridized carbons (Fsp3) is 0.125. The summed E-state index contributed by atoms with van der Waals surface area (Å²) in [5.74, 6) is 0.891. The minimum Gasteiger partial charge on any atom is -0.493 e. The van der Waals surface area contributed by atoms with E-state index in [1.165, 1.54) is 4.57 Å². The fourth-order valence-corrected chi connectivity index (χ4v) is 3.01. The molecule has 0 unspecified atom stereocenters. The number of benzene rings is 2. The van der Waals surface area contributed by atoms with Crippen LogP contribution in [0.2, 0.25) is 0 Å². The van der Waals surface area contributed by atoms with E-state index in [0.717, 1.165) is 28.9 Å². The van der Waals surface area contributed by atoms with Crippen molar-refractivity contribution in [1.29, 1.82) is 0 Å². The number of nitrogens with one attached hydrogen (secondary N) is 1. The van der Waals surface area contributed by atoms with Crippen LogP contribution in [0.3, 0.4) is 0 Å². The first-order chi connectivity index (χ1) is 10.2. The summed E-state index contributed by atoms with van der Waals surface area (Å²) in [5.41, 5.74) is 2.54. The molecule has 0 aliphatic carbocycles. The van der Waals surface area contributed by atoms with Crippen molar-refractivity contribution in [3.05, 3.63) is 63.2 Å². The third-order valence-corrected chi connectivity index (χ3v) is 4.02. The molecular weight excluding hydrogens is 284 g/mol. The van der Waals surface area contributed by atoms with Crippen molar-refractivity contribution in [2.45, 2.75) is 6.42 Å². The second-order valence-electron chi connectivity index (χ2n) is 5.01. The van der Waals surface area contributed by atoms with Crippen LogP contribution in [-0.2, 0) is 6.42 Å². The van der Waals surface area contributed by atoms with Crippen LogP contribution in [0.5, 0.6) is 5.75 Å². The zero-order chi connectivity index (χ0) is 14.4. The minimum absolute atomic E-state index is 0.104. The average molecular weight is 296 g/mol. The van der Waals surface area contributed by atoms with Crippen LogP contribution in [0.15, 0.2) is 47.3 Å². The molecule has 0 saturated heterocycles. The van der Waals surface area contributed by atoms with Gasteiger partial charge in [0.25, 0.3) is 5.56 Å². The highest BCUT2D eigenvalue weighted by Crippen LogP contribution is 2.27. The standard InChI is InChI=1S/C16H12N2O2S/c19-15-12-3-1-2-4-13(12)17-16(21)18(15)11-5-6-14-10(9-11)7-8-20-14/h1-6,9H,7-8H2,(H,17,21). The van der Waals surface area contributed by atoms with Crippen LogP contribution in [0.25, 0.3) is 16.6 Å². The molecule has 0 radical (unpaired) electrons. The number of aromatic nitrogens is 2. The van der Waals surface area contributed by atoms with Crippen LogP contribution in [0.4, 0.5) is 0 Å². The molecule has 0 bridgehead atoms. The monoisotopic (exact) mass is 296 g/mol. The van der Waals surface area contributed by atoms with Gasteiger partial charge < -0.3 is 9.72 Å².